The van der Waals surface area contributed by atoms with Crippen molar-refractivity contribution in [3.8, 4) is 5.75 Å². The average Bonchev–Trinajstić information content (AvgIpc) is 2.47. The van der Waals surface area contributed by atoms with E-state index in [9.17, 15) is 0 Å². The minimum absolute atomic E-state index is 0.685. The lowest BCUT2D eigenvalue weighted by atomic mass is 10.1. The van der Waals surface area contributed by atoms with Crippen LogP contribution in [0.2, 0.25) is 0 Å². The molecule has 0 bridgehead atoms. The molecule has 0 saturated heterocycles. The number of nitrogens with two attached hydrogens (primary N) is 1. The maximum atomic E-state index is 5.61. The van der Waals surface area contributed by atoms with E-state index in [1.54, 1.807) is 7.11 Å². The molecule has 0 aliphatic rings. The molecule has 0 atom stereocenters. The quantitative estimate of drug-likeness (QED) is 0.906. The fraction of sp³-hybridized carbons (Fsp3) is 0.294. The minimum Gasteiger partial charge on any atom is -0.497 e. The number of hydrogen-bond acceptors (Lipinski definition) is 3. The molecule has 2 N–H and O–H groups in total. The van der Waals surface area contributed by atoms with E-state index in [4.69, 9.17) is 10.5 Å². The van der Waals surface area contributed by atoms with E-state index >= 15 is 0 Å². The Hall–Kier alpha value is -2.00. The Morgan fingerprint density at radius 3 is 2.60 bits per heavy atom. The van der Waals surface area contributed by atoms with Crippen LogP contribution in [0.3, 0.4) is 0 Å². The summed E-state index contributed by atoms with van der Waals surface area (Å²) in [6.45, 7) is 2.82. The number of anilines is 2. The molecule has 2 rings (SSSR count). The van der Waals surface area contributed by atoms with Gasteiger partial charge in [0.15, 0.2) is 0 Å². The fourth-order valence-corrected chi connectivity index (χ4v) is 2.37. The normalized spacial score (nSPS) is 10.4. The Morgan fingerprint density at radius 1 is 1.15 bits per heavy atom. The molecule has 20 heavy (non-hydrogen) atoms. The average molecular weight is 270 g/mol. The molecule has 0 spiro atoms. The highest BCUT2D eigenvalue weighted by Crippen LogP contribution is 2.29. The largest absolute Gasteiger partial charge is 0.497 e. The van der Waals surface area contributed by atoms with Gasteiger partial charge in [-0.15, -0.1) is 0 Å². The number of hydrogen-bond donors (Lipinski definition) is 1. The van der Waals surface area contributed by atoms with Crippen molar-refractivity contribution < 1.29 is 4.74 Å². The summed E-state index contributed by atoms with van der Waals surface area (Å²) in [5.74, 6) is 0.867. The number of ether oxygens (including phenoxy) is 1. The van der Waals surface area contributed by atoms with Crippen molar-refractivity contribution >= 4 is 11.4 Å². The number of methoxy groups -OCH3 is 1. The third-order valence-corrected chi connectivity index (χ3v) is 3.50. The molecule has 0 aromatic heterocycles. The molecule has 2 aromatic rings. The summed E-state index contributed by atoms with van der Waals surface area (Å²) in [6, 6.07) is 14.6. The van der Waals surface area contributed by atoms with E-state index in [1.807, 2.05) is 18.2 Å². The highest BCUT2D eigenvalue weighted by atomic mass is 16.5. The summed E-state index contributed by atoms with van der Waals surface area (Å²) in [5.41, 5.74) is 10.4. The first-order chi connectivity index (χ1) is 9.65. The van der Waals surface area contributed by atoms with E-state index < -0.39 is 0 Å². The lowest BCUT2D eigenvalue weighted by molar-refractivity contribution is 0.415. The monoisotopic (exact) mass is 270 g/mol. The Kier molecular flexibility index (Phi) is 4.64. The van der Waals surface area contributed by atoms with Gasteiger partial charge in [0.2, 0.25) is 0 Å². The van der Waals surface area contributed by atoms with E-state index in [2.05, 4.69) is 43.1 Å². The van der Waals surface area contributed by atoms with Gasteiger partial charge in [-0.3, -0.25) is 0 Å². The number of rotatable bonds is 5. The van der Waals surface area contributed by atoms with Crippen molar-refractivity contribution in [2.45, 2.75) is 13.3 Å². The van der Waals surface area contributed by atoms with Crippen LogP contribution in [0, 0.1) is 6.92 Å². The Morgan fingerprint density at radius 2 is 1.95 bits per heavy atom. The maximum absolute atomic E-state index is 5.61. The molecule has 2 aromatic carbocycles. The van der Waals surface area contributed by atoms with Crippen LogP contribution in [-0.4, -0.2) is 20.7 Å². The van der Waals surface area contributed by atoms with Gasteiger partial charge in [0.1, 0.15) is 5.75 Å². The number of aryl methyl sites for hydroxylation is 1. The first-order valence-electron chi connectivity index (χ1n) is 6.83. The first kappa shape index (κ1) is 14.4. The van der Waals surface area contributed by atoms with Crippen LogP contribution in [0.1, 0.15) is 11.1 Å². The van der Waals surface area contributed by atoms with Crippen LogP contribution in [0.25, 0.3) is 0 Å². The molecule has 3 nitrogen and oxygen atoms in total. The van der Waals surface area contributed by atoms with Crippen LogP contribution in [0.4, 0.5) is 11.4 Å². The van der Waals surface area contributed by atoms with Crippen LogP contribution in [0.15, 0.2) is 42.5 Å². The highest BCUT2D eigenvalue weighted by Gasteiger charge is 2.08. The predicted molar refractivity (Wildman–Crippen MR) is 85.0 cm³/mol. The van der Waals surface area contributed by atoms with Crippen molar-refractivity contribution in [2.24, 2.45) is 5.73 Å². The molecule has 0 radical (unpaired) electrons. The van der Waals surface area contributed by atoms with Crippen molar-refractivity contribution in [3.05, 3.63) is 53.6 Å². The van der Waals surface area contributed by atoms with E-state index in [0.717, 1.165) is 17.9 Å². The second kappa shape index (κ2) is 6.44. The van der Waals surface area contributed by atoms with Gasteiger partial charge in [0.05, 0.1) is 7.11 Å². The minimum atomic E-state index is 0.685. The summed E-state index contributed by atoms with van der Waals surface area (Å²) in [5, 5.41) is 0. The van der Waals surface area contributed by atoms with Crippen molar-refractivity contribution in [3.63, 3.8) is 0 Å². The lowest BCUT2D eigenvalue weighted by Crippen LogP contribution is -2.11. The standard InChI is InChI=1S/C17H22N2O/c1-13-11-14(9-10-18)7-8-17(13)19(2)15-5-4-6-16(12-15)20-3/h4-8,11-12H,9-10,18H2,1-3H3. The van der Waals surface area contributed by atoms with Gasteiger partial charge in [0.25, 0.3) is 0 Å². The zero-order chi connectivity index (χ0) is 14.5. The summed E-state index contributed by atoms with van der Waals surface area (Å²) < 4.78 is 5.28. The number of benzene rings is 2. The molecule has 0 aliphatic carbocycles. The third-order valence-electron chi connectivity index (χ3n) is 3.50. The molecule has 0 saturated carbocycles. The zero-order valence-corrected chi connectivity index (χ0v) is 12.4. The van der Waals surface area contributed by atoms with E-state index in [1.165, 1.54) is 16.8 Å². The van der Waals surface area contributed by atoms with Gasteiger partial charge >= 0.3 is 0 Å². The van der Waals surface area contributed by atoms with Crippen LogP contribution < -0.4 is 15.4 Å². The van der Waals surface area contributed by atoms with Crippen molar-refractivity contribution in [1.82, 2.24) is 0 Å². The van der Waals surface area contributed by atoms with Crippen molar-refractivity contribution in [2.75, 3.05) is 25.6 Å². The fourth-order valence-electron chi connectivity index (χ4n) is 2.37. The van der Waals surface area contributed by atoms with Crippen LogP contribution in [-0.2, 0) is 6.42 Å². The van der Waals surface area contributed by atoms with E-state index in [-0.39, 0.29) is 0 Å². The molecular formula is C17H22N2O. The third kappa shape index (κ3) is 3.11. The second-order valence-electron chi connectivity index (χ2n) is 4.92. The maximum Gasteiger partial charge on any atom is 0.120 e. The SMILES string of the molecule is COc1cccc(N(C)c2ccc(CCN)cc2C)c1. The second-order valence-corrected chi connectivity index (χ2v) is 4.92. The first-order valence-corrected chi connectivity index (χ1v) is 6.83. The summed E-state index contributed by atoms with van der Waals surface area (Å²) in [4.78, 5) is 2.17. The number of nitrogens with zero attached hydrogens (tertiary/aromatic N) is 1. The van der Waals surface area contributed by atoms with E-state index in [0.29, 0.717) is 6.54 Å². The molecule has 0 fully saturated rings. The summed E-state index contributed by atoms with van der Waals surface area (Å²) in [7, 11) is 3.76. The highest BCUT2D eigenvalue weighted by molar-refractivity contribution is 5.67. The van der Waals surface area contributed by atoms with Crippen LogP contribution in [0.5, 0.6) is 5.75 Å². The molecule has 106 valence electrons. The van der Waals surface area contributed by atoms with Crippen LogP contribution >= 0.6 is 0 Å². The van der Waals surface area contributed by atoms with Gasteiger partial charge in [0, 0.05) is 24.5 Å². The van der Waals surface area contributed by atoms with Gasteiger partial charge in [-0.1, -0.05) is 18.2 Å². The smallest absolute Gasteiger partial charge is 0.120 e. The Labute approximate surface area is 121 Å². The van der Waals surface area contributed by atoms with Gasteiger partial charge < -0.3 is 15.4 Å². The van der Waals surface area contributed by atoms with Gasteiger partial charge in [-0.05, 0) is 49.2 Å². The Bertz CT molecular complexity index is 581. The van der Waals surface area contributed by atoms with Gasteiger partial charge in [-0.2, -0.15) is 0 Å². The zero-order valence-electron chi connectivity index (χ0n) is 12.4. The summed E-state index contributed by atoms with van der Waals surface area (Å²) >= 11 is 0. The molecule has 0 heterocycles. The predicted octanol–water partition coefficient (Wildman–Crippen LogP) is 3.27. The summed E-state index contributed by atoms with van der Waals surface area (Å²) in [6.07, 6.45) is 0.921. The topological polar surface area (TPSA) is 38.5 Å². The molecule has 0 amide bonds. The molecule has 3 heteroatoms. The van der Waals surface area contributed by atoms with Gasteiger partial charge in [-0.25, -0.2) is 0 Å². The molecule has 0 unspecified atom stereocenters. The van der Waals surface area contributed by atoms with Crippen molar-refractivity contribution in [1.29, 1.82) is 0 Å². The lowest BCUT2D eigenvalue weighted by Gasteiger charge is -2.22. The molecule has 0 aliphatic heterocycles. The Balaban J connectivity index is 2.30. The molecular weight excluding hydrogens is 248 g/mol.